The minimum atomic E-state index is -3.75. The van der Waals surface area contributed by atoms with Crippen molar-refractivity contribution in [1.82, 2.24) is 10.2 Å². The van der Waals surface area contributed by atoms with Gasteiger partial charge in [0.15, 0.2) is 0 Å². The molecule has 2 aromatic rings. The van der Waals surface area contributed by atoms with Crippen molar-refractivity contribution in [3.8, 4) is 0 Å². The maximum atomic E-state index is 13.6. The van der Waals surface area contributed by atoms with Crippen molar-refractivity contribution in [3.05, 3.63) is 65.7 Å². The molecule has 2 atom stereocenters. The molecule has 2 aromatic carbocycles. The van der Waals surface area contributed by atoms with Crippen molar-refractivity contribution in [2.24, 2.45) is 0 Å². The summed E-state index contributed by atoms with van der Waals surface area (Å²) in [5.74, 6) is -0.686. The van der Waals surface area contributed by atoms with Crippen molar-refractivity contribution >= 4 is 27.5 Å². The highest BCUT2D eigenvalue weighted by Crippen LogP contribution is 2.26. The molecule has 2 rings (SSSR count). The highest BCUT2D eigenvalue weighted by molar-refractivity contribution is 7.92. The summed E-state index contributed by atoms with van der Waals surface area (Å²) in [5, 5.41) is 2.93. The number of hydrogen-bond donors (Lipinski definition) is 1. The second kappa shape index (κ2) is 12.4. The van der Waals surface area contributed by atoms with Crippen LogP contribution in [-0.4, -0.2) is 56.6 Å². The van der Waals surface area contributed by atoms with Crippen LogP contribution in [0.5, 0.6) is 0 Å². The van der Waals surface area contributed by atoms with Gasteiger partial charge in [0.25, 0.3) is 0 Å². The number of anilines is 1. The van der Waals surface area contributed by atoms with Gasteiger partial charge < -0.3 is 10.2 Å². The first-order valence-corrected chi connectivity index (χ1v) is 14.3. The summed E-state index contributed by atoms with van der Waals surface area (Å²) in [6, 6.07) is 16.1. The van der Waals surface area contributed by atoms with Crippen LogP contribution in [-0.2, 0) is 31.4 Å². The lowest BCUT2D eigenvalue weighted by molar-refractivity contribution is -0.139. The van der Waals surface area contributed by atoms with E-state index in [4.69, 9.17) is 0 Å². The molecule has 0 aliphatic rings. The highest BCUT2D eigenvalue weighted by Gasteiger charge is 2.30. The average Bonchev–Trinajstić information content (AvgIpc) is 2.81. The van der Waals surface area contributed by atoms with E-state index in [-0.39, 0.29) is 23.9 Å². The van der Waals surface area contributed by atoms with Crippen LogP contribution in [0.4, 0.5) is 5.69 Å². The molecule has 0 heterocycles. The van der Waals surface area contributed by atoms with Crippen LogP contribution in [0.3, 0.4) is 0 Å². The molecule has 1 N–H and O–H groups in total. The fraction of sp³-hybridized carbons (Fsp3) is 0.500. The summed E-state index contributed by atoms with van der Waals surface area (Å²) in [4.78, 5) is 28.0. The molecule has 0 bridgehead atoms. The normalized spacial score (nSPS) is 13.5. The van der Waals surface area contributed by atoms with E-state index < -0.39 is 22.0 Å². The molecule has 0 unspecified atom stereocenters. The van der Waals surface area contributed by atoms with E-state index in [0.29, 0.717) is 18.7 Å². The van der Waals surface area contributed by atoms with Gasteiger partial charge in [-0.1, -0.05) is 70.2 Å². The molecular formula is C28H41N3O4S. The van der Waals surface area contributed by atoms with E-state index in [1.807, 2.05) is 56.3 Å². The Balaban J connectivity index is 2.33. The first kappa shape index (κ1) is 29.4. The third kappa shape index (κ3) is 8.36. The number of nitrogens with one attached hydrogen (secondary N) is 1. The third-order valence-corrected chi connectivity index (χ3v) is 7.49. The minimum Gasteiger partial charge on any atom is -0.352 e. The van der Waals surface area contributed by atoms with Crippen molar-refractivity contribution in [2.45, 2.75) is 71.9 Å². The summed E-state index contributed by atoms with van der Waals surface area (Å²) in [5.41, 5.74) is 2.42. The van der Waals surface area contributed by atoms with Crippen molar-refractivity contribution in [3.63, 3.8) is 0 Å². The fourth-order valence-electron chi connectivity index (χ4n) is 3.78. The molecule has 0 spiro atoms. The molecule has 0 aliphatic heterocycles. The first-order valence-electron chi connectivity index (χ1n) is 12.5. The summed E-state index contributed by atoms with van der Waals surface area (Å²) in [6.07, 6.45) is 2.40. The smallest absolute Gasteiger partial charge is 0.244 e. The second-order valence-electron chi connectivity index (χ2n) is 10.4. The van der Waals surface area contributed by atoms with Crippen molar-refractivity contribution in [1.29, 1.82) is 0 Å². The summed E-state index contributed by atoms with van der Waals surface area (Å²) in [7, 11) is -3.75. The molecule has 0 fully saturated rings. The van der Waals surface area contributed by atoms with E-state index in [1.54, 1.807) is 19.1 Å². The zero-order valence-electron chi connectivity index (χ0n) is 22.6. The molecule has 198 valence electrons. The third-order valence-electron chi connectivity index (χ3n) is 6.35. The fourth-order valence-corrected chi connectivity index (χ4v) is 4.63. The standard InChI is InChI=1S/C28H41N3O4S/c1-8-21(2)29-27(33)22(3)30(19-18-23-12-10-9-11-13-23)26(32)20-31(36(7,34)35)25-16-14-24(15-17-25)28(4,5)6/h9-17,21-22H,8,18-20H2,1-7H3,(H,29,33)/t21-,22+/m0/s1. The predicted molar refractivity (Wildman–Crippen MR) is 147 cm³/mol. The molecule has 0 saturated heterocycles. The summed E-state index contributed by atoms with van der Waals surface area (Å²) in [6.45, 7) is 11.7. The number of nitrogens with zero attached hydrogens (tertiary/aromatic N) is 2. The van der Waals surface area contributed by atoms with Crippen LogP contribution in [0.25, 0.3) is 0 Å². The first-order chi connectivity index (χ1) is 16.7. The van der Waals surface area contributed by atoms with Gasteiger partial charge in [-0.2, -0.15) is 0 Å². The zero-order chi connectivity index (χ0) is 27.1. The van der Waals surface area contributed by atoms with E-state index in [1.165, 1.54) is 4.90 Å². The SMILES string of the molecule is CC[C@H](C)NC(=O)[C@@H](C)N(CCc1ccccc1)C(=O)CN(c1ccc(C(C)(C)C)cc1)S(C)(=O)=O. The Bertz CT molecular complexity index is 1110. The van der Waals surface area contributed by atoms with Gasteiger partial charge in [-0.05, 0) is 55.4 Å². The Hall–Kier alpha value is -2.87. The Morgan fingerprint density at radius 3 is 2.06 bits per heavy atom. The molecule has 0 radical (unpaired) electrons. The van der Waals surface area contributed by atoms with Crippen molar-refractivity contribution < 1.29 is 18.0 Å². The number of benzene rings is 2. The Morgan fingerprint density at radius 2 is 1.56 bits per heavy atom. The molecule has 0 aromatic heterocycles. The highest BCUT2D eigenvalue weighted by atomic mass is 32.2. The van der Waals surface area contributed by atoms with Gasteiger partial charge in [0, 0.05) is 12.6 Å². The number of amides is 2. The van der Waals surface area contributed by atoms with Gasteiger partial charge in [0.05, 0.1) is 11.9 Å². The van der Waals surface area contributed by atoms with Gasteiger partial charge >= 0.3 is 0 Å². The zero-order valence-corrected chi connectivity index (χ0v) is 23.4. The molecule has 0 aliphatic carbocycles. The van der Waals surface area contributed by atoms with E-state index in [9.17, 15) is 18.0 Å². The lowest BCUT2D eigenvalue weighted by Crippen LogP contribution is -2.53. The Labute approximate surface area is 216 Å². The van der Waals surface area contributed by atoms with E-state index in [2.05, 4.69) is 26.1 Å². The number of hydrogen-bond acceptors (Lipinski definition) is 4. The topological polar surface area (TPSA) is 86.8 Å². The number of carbonyl (C=O) groups excluding carboxylic acids is 2. The van der Waals surface area contributed by atoms with Gasteiger partial charge in [-0.3, -0.25) is 13.9 Å². The average molecular weight is 516 g/mol. The van der Waals surface area contributed by atoms with E-state index >= 15 is 0 Å². The van der Waals surface area contributed by atoms with Crippen LogP contribution < -0.4 is 9.62 Å². The Kier molecular flexibility index (Phi) is 10.1. The lowest BCUT2D eigenvalue weighted by atomic mass is 9.87. The predicted octanol–water partition coefficient (Wildman–Crippen LogP) is 4.12. The van der Waals surface area contributed by atoms with Gasteiger partial charge in [0.2, 0.25) is 21.8 Å². The molecule has 8 heteroatoms. The Morgan fingerprint density at radius 1 is 0.972 bits per heavy atom. The van der Waals surface area contributed by atoms with Crippen LogP contribution in [0, 0.1) is 0 Å². The largest absolute Gasteiger partial charge is 0.352 e. The van der Waals surface area contributed by atoms with Gasteiger partial charge in [0.1, 0.15) is 12.6 Å². The number of rotatable bonds is 11. The minimum absolute atomic E-state index is 0.0279. The lowest BCUT2D eigenvalue weighted by Gasteiger charge is -2.32. The molecule has 7 nitrogen and oxygen atoms in total. The molecular weight excluding hydrogens is 474 g/mol. The molecule has 0 saturated carbocycles. The molecule has 36 heavy (non-hydrogen) atoms. The van der Waals surface area contributed by atoms with Crippen molar-refractivity contribution in [2.75, 3.05) is 23.7 Å². The van der Waals surface area contributed by atoms with Crippen LogP contribution in [0.15, 0.2) is 54.6 Å². The number of carbonyl (C=O) groups is 2. The van der Waals surface area contributed by atoms with Crippen LogP contribution in [0.1, 0.15) is 59.1 Å². The monoisotopic (exact) mass is 515 g/mol. The summed E-state index contributed by atoms with van der Waals surface area (Å²) >= 11 is 0. The van der Waals surface area contributed by atoms with E-state index in [0.717, 1.165) is 28.1 Å². The second-order valence-corrected chi connectivity index (χ2v) is 12.3. The summed E-state index contributed by atoms with van der Waals surface area (Å²) < 4.78 is 26.5. The quantitative estimate of drug-likeness (QED) is 0.488. The van der Waals surface area contributed by atoms with Gasteiger partial charge in [-0.25, -0.2) is 8.42 Å². The maximum absolute atomic E-state index is 13.6. The van der Waals surface area contributed by atoms with Gasteiger partial charge in [-0.15, -0.1) is 0 Å². The van der Waals surface area contributed by atoms with Crippen LogP contribution in [0.2, 0.25) is 0 Å². The number of sulfonamides is 1. The maximum Gasteiger partial charge on any atom is 0.244 e. The molecule has 2 amide bonds. The van der Waals surface area contributed by atoms with Crippen LogP contribution >= 0.6 is 0 Å².